The van der Waals surface area contributed by atoms with E-state index in [-0.39, 0.29) is 5.82 Å². The predicted molar refractivity (Wildman–Crippen MR) is 67.2 cm³/mol. The normalized spacial score (nSPS) is 21.6. The van der Waals surface area contributed by atoms with Crippen molar-refractivity contribution in [2.45, 2.75) is 18.6 Å². The number of halogens is 1. The number of nitriles is 1. The fraction of sp³-hybridized carbons (Fsp3) is 0.500. The first-order chi connectivity index (χ1) is 9.22. The minimum absolute atomic E-state index is 0.344. The van der Waals surface area contributed by atoms with E-state index in [2.05, 4.69) is 0 Å². The van der Waals surface area contributed by atoms with E-state index in [1.807, 2.05) is 11.0 Å². The van der Waals surface area contributed by atoms with Crippen LogP contribution in [0, 0.1) is 17.1 Å². The van der Waals surface area contributed by atoms with Crippen molar-refractivity contribution in [3.63, 3.8) is 0 Å². The van der Waals surface area contributed by atoms with Crippen LogP contribution in [-0.4, -0.2) is 32.1 Å². The van der Waals surface area contributed by atoms with Gasteiger partial charge in [0.25, 0.3) is 0 Å². The minimum Gasteiger partial charge on any atom is -0.369 e. The van der Waals surface area contributed by atoms with Gasteiger partial charge in [0, 0.05) is 25.9 Å². The maximum Gasteiger partial charge on any atom is 0.171 e. The lowest BCUT2D eigenvalue weighted by molar-refractivity contribution is -0.169. The van der Waals surface area contributed by atoms with Crippen LogP contribution in [0.25, 0.3) is 0 Å². The first kappa shape index (κ1) is 12.4. The van der Waals surface area contributed by atoms with E-state index in [4.69, 9.17) is 14.7 Å². The molecule has 2 fully saturated rings. The molecule has 19 heavy (non-hydrogen) atoms. The number of hydrogen-bond acceptors (Lipinski definition) is 4. The van der Waals surface area contributed by atoms with Crippen molar-refractivity contribution in [1.82, 2.24) is 0 Å². The molecule has 0 N–H and O–H groups in total. The van der Waals surface area contributed by atoms with Gasteiger partial charge >= 0.3 is 0 Å². The van der Waals surface area contributed by atoms with Crippen molar-refractivity contribution in [2.24, 2.45) is 0 Å². The van der Waals surface area contributed by atoms with Gasteiger partial charge in [-0.1, -0.05) is 0 Å². The second-order valence-corrected chi connectivity index (χ2v) is 4.87. The number of anilines is 1. The van der Waals surface area contributed by atoms with Gasteiger partial charge in [0.15, 0.2) is 5.79 Å². The molecule has 2 heterocycles. The highest BCUT2D eigenvalue weighted by molar-refractivity contribution is 5.51. The Kier molecular flexibility index (Phi) is 3.13. The maximum atomic E-state index is 13.9. The molecule has 3 rings (SSSR count). The third kappa shape index (κ3) is 2.29. The molecule has 0 saturated carbocycles. The zero-order valence-electron chi connectivity index (χ0n) is 10.6. The van der Waals surface area contributed by atoms with Gasteiger partial charge in [0.2, 0.25) is 0 Å². The van der Waals surface area contributed by atoms with Crippen LogP contribution in [0.5, 0.6) is 0 Å². The van der Waals surface area contributed by atoms with Crippen LogP contribution >= 0.6 is 0 Å². The lowest BCUT2D eigenvalue weighted by Gasteiger charge is -2.38. The summed E-state index contributed by atoms with van der Waals surface area (Å²) in [6.45, 7) is 2.68. The average molecular weight is 262 g/mol. The third-order valence-electron chi connectivity index (χ3n) is 3.76. The first-order valence-electron chi connectivity index (χ1n) is 6.45. The first-order valence-corrected chi connectivity index (χ1v) is 6.45. The van der Waals surface area contributed by atoms with Crippen LogP contribution in [0.15, 0.2) is 18.2 Å². The fourth-order valence-corrected chi connectivity index (χ4v) is 2.71. The number of benzene rings is 1. The van der Waals surface area contributed by atoms with Crippen molar-refractivity contribution in [3.05, 3.63) is 29.6 Å². The highest BCUT2D eigenvalue weighted by Crippen LogP contribution is 2.33. The Morgan fingerprint density at radius 3 is 2.47 bits per heavy atom. The van der Waals surface area contributed by atoms with Crippen LogP contribution in [0.2, 0.25) is 0 Å². The number of hydrogen-bond donors (Lipinski definition) is 0. The lowest BCUT2D eigenvalue weighted by atomic mass is 10.0. The molecule has 2 aliphatic rings. The second kappa shape index (κ2) is 4.80. The van der Waals surface area contributed by atoms with E-state index in [1.54, 1.807) is 12.1 Å². The standard InChI is InChI=1S/C14H15FN2O2/c15-12-9-11(10-16)1-2-13(12)17-5-3-14(4-6-17)18-7-8-19-14/h1-2,9H,3-8H2. The molecule has 0 unspecified atom stereocenters. The van der Waals surface area contributed by atoms with Gasteiger partial charge in [-0.3, -0.25) is 0 Å². The van der Waals surface area contributed by atoms with Crippen molar-refractivity contribution in [3.8, 4) is 6.07 Å². The SMILES string of the molecule is N#Cc1ccc(N2CCC3(CC2)OCCO3)c(F)c1. The molecule has 0 bridgehead atoms. The average Bonchev–Trinajstić information content (AvgIpc) is 2.88. The number of nitrogens with zero attached hydrogens (tertiary/aromatic N) is 2. The van der Waals surface area contributed by atoms with E-state index in [1.165, 1.54) is 6.07 Å². The molecule has 1 spiro atoms. The van der Waals surface area contributed by atoms with Crippen molar-refractivity contribution in [1.29, 1.82) is 5.26 Å². The van der Waals surface area contributed by atoms with E-state index in [0.29, 0.717) is 37.6 Å². The molecule has 0 atom stereocenters. The van der Waals surface area contributed by atoms with E-state index >= 15 is 0 Å². The van der Waals surface area contributed by atoms with Gasteiger partial charge in [-0.05, 0) is 18.2 Å². The van der Waals surface area contributed by atoms with E-state index in [9.17, 15) is 4.39 Å². The molecule has 5 heteroatoms. The van der Waals surface area contributed by atoms with Gasteiger partial charge in [0.05, 0.1) is 30.5 Å². The quantitative estimate of drug-likeness (QED) is 0.777. The van der Waals surface area contributed by atoms with E-state index in [0.717, 1.165) is 12.8 Å². The molecule has 1 aromatic carbocycles. The summed E-state index contributed by atoms with van der Waals surface area (Å²) in [6.07, 6.45) is 1.49. The van der Waals surface area contributed by atoms with Crippen LogP contribution in [0.3, 0.4) is 0 Å². The third-order valence-corrected chi connectivity index (χ3v) is 3.76. The molecule has 0 radical (unpaired) electrons. The second-order valence-electron chi connectivity index (χ2n) is 4.87. The smallest absolute Gasteiger partial charge is 0.171 e. The summed E-state index contributed by atoms with van der Waals surface area (Å²) in [7, 11) is 0. The summed E-state index contributed by atoms with van der Waals surface area (Å²) >= 11 is 0. The Labute approximate surface area is 111 Å². The predicted octanol–water partition coefficient (Wildman–Crippen LogP) is 2.04. The largest absolute Gasteiger partial charge is 0.369 e. The van der Waals surface area contributed by atoms with Crippen LogP contribution in [-0.2, 0) is 9.47 Å². The molecule has 2 aliphatic heterocycles. The number of ether oxygens (including phenoxy) is 2. The van der Waals surface area contributed by atoms with E-state index < -0.39 is 5.79 Å². The van der Waals surface area contributed by atoms with Gasteiger partial charge in [-0.2, -0.15) is 5.26 Å². The maximum absolute atomic E-state index is 13.9. The molecule has 2 saturated heterocycles. The Bertz CT molecular complexity index is 511. The summed E-state index contributed by atoms with van der Waals surface area (Å²) in [5.74, 6) is -0.789. The van der Waals surface area contributed by atoms with Gasteiger partial charge in [-0.25, -0.2) is 4.39 Å². The van der Waals surface area contributed by atoms with Crippen LogP contribution in [0.4, 0.5) is 10.1 Å². The minimum atomic E-state index is -0.445. The van der Waals surface area contributed by atoms with Gasteiger partial charge in [0.1, 0.15) is 5.82 Å². The Hall–Kier alpha value is -1.64. The summed E-state index contributed by atoms with van der Waals surface area (Å²) in [6, 6.07) is 6.53. The van der Waals surface area contributed by atoms with Crippen molar-refractivity contribution >= 4 is 5.69 Å². The summed E-state index contributed by atoms with van der Waals surface area (Å²) < 4.78 is 25.2. The van der Waals surface area contributed by atoms with Crippen molar-refractivity contribution < 1.29 is 13.9 Å². The summed E-state index contributed by atoms with van der Waals surface area (Å²) in [5.41, 5.74) is 0.893. The van der Waals surface area contributed by atoms with Crippen LogP contribution in [0.1, 0.15) is 18.4 Å². The molecule has 0 amide bonds. The molecule has 1 aromatic rings. The van der Waals surface area contributed by atoms with Gasteiger partial charge in [-0.15, -0.1) is 0 Å². The highest BCUT2D eigenvalue weighted by Gasteiger charge is 2.40. The molecule has 0 aliphatic carbocycles. The zero-order valence-corrected chi connectivity index (χ0v) is 10.6. The Morgan fingerprint density at radius 2 is 1.89 bits per heavy atom. The lowest BCUT2D eigenvalue weighted by Crippen LogP contribution is -2.45. The fourth-order valence-electron chi connectivity index (χ4n) is 2.71. The summed E-state index contributed by atoms with van der Waals surface area (Å²) in [4.78, 5) is 1.98. The van der Waals surface area contributed by atoms with Gasteiger partial charge < -0.3 is 14.4 Å². The Balaban J connectivity index is 1.73. The molecule has 100 valence electrons. The molecule has 0 aromatic heterocycles. The zero-order chi connectivity index (χ0) is 13.3. The number of rotatable bonds is 1. The summed E-state index contributed by atoms with van der Waals surface area (Å²) in [5, 5.41) is 8.74. The van der Waals surface area contributed by atoms with Crippen molar-refractivity contribution in [2.75, 3.05) is 31.2 Å². The molecule has 4 nitrogen and oxygen atoms in total. The monoisotopic (exact) mass is 262 g/mol. The molecular formula is C14H15FN2O2. The highest BCUT2D eigenvalue weighted by atomic mass is 19.1. The molecular weight excluding hydrogens is 247 g/mol. The van der Waals surface area contributed by atoms with Crippen LogP contribution < -0.4 is 4.90 Å². The number of piperidine rings is 1. The topological polar surface area (TPSA) is 45.5 Å². The Morgan fingerprint density at radius 1 is 1.21 bits per heavy atom.